The average Bonchev–Trinajstić information content (AvgIpc) is 3.35. The van der Waals surface area contributed by atoms with Crippen LogP contribution in [0.1, 0.15) is 35.4 Å². The van der Waals surface area contributed by atoms with E-state index in [-0.39, 0.29) is 10.8 Å². The van der Waals surface area contributed by atoms with Crippen molar-refractivity contribution in [2.24, 2.45) is 0 Å². The number of thiazole rings is 1. The molecule has 0 spiro atoms. The van der Waals surface area contributed by atoms with Gasteiger partial charge in [0.1, 0.15) is 0 Å². The maximum absolute atomic E-state index is 12.4. The molecule has 1 unspecified atom stereocenters. The van der Waals surface area contributed by atoms with E-state index in [1.807, 2.05) is 42.5 Å². The number of aliphatic hydroxyl groups excluding tert-OH is 1. The Hall–Kier alpha value is -1.80. The zero-order chi connectivity index (χ0) is 17.4. The molecule has 2 aromatic carbocycles. The van der Waals surface area contributed by atoms with Gasteiger partial charge >= 0.3 is 0 Å². The van der Waals surface area contributed by atoms with Crippen molar-refractivity contribution >= 4 is 32.1 Å². The van der Waals surface area contributed by atoms with Crippen molar-refractivity contribution in [3.63, 3.8) is 0 Å². The summed E-state index contributed by atoms with van der Waals surface area (Å²) in [7, 11) is -3.66. The molecule has 1 aliphatic rings. The van der Waals surface area contributed by atoms with Crippen molar-refractivity contribution in [2.75, 3.05) is 6.54 Å². The van der Waals surface area contributed by atoms with Gasteiger partial charge in [-0.1, -0.05) is 42.5 Å². The van der Waals surface area contributed by atoms with Crippen LogP contribution in [0.2, 0.25) is 0 Å². The number of fused-ring (bicyclic) bond motifs is 1. The van der Waals surface area contributed by atoms with Crippen molar-refractivity contribution < 1.29 is 13.5 Å². The Morgan fingerprint density at radius 3 is 2.76 bits per heavy atom. The number of aromatic nitrogens is 1. The highest BCUT2D eigenvalue weighted by Gasteiger charge is 2.29. The summed E-state index contributed by atoms with van der Waals surface area (Å²) in [5.41, 5.74) is 0.712. The summed E-state index contributed by atoms with van der Waals surface area (Å²) in [5.74, 6) is 0.426. The summed E-state index contributed by atoms with van der Waals surface area (Å²) in [4.78, 5) is 4.21. The van der Waals surface area contributed by atoms with Crippen LogP contribution in [0.15, 0.2) is 52.9 Å². The molecule has 0 amide bonds. The molecule has 5 nitrogen and oxygen atoms in total. The molecule has 1 saturated carbocycles. The number of hydrogen-bond acceptors (Lipinski definition) is 5. The van der Waals surface area contributed by atoms with Gasteiger partial charge in [0.05, 0.1) is 17.3 Å². The lowest BCUT2D eigenvalue weighted by Gasteiger charge is -2.14. The van der Waals surface area contributed by atoms with Crippen LogP contribution in [-0.2, 0) is 10.0 Å². The molecule has 0 bridgehead atoms. The third-order valence-corrected chi connectivity index (χ3v) is 7.39. The van der Waals surface area contributed by atoms with Gasteiger partial charge in [-0.05, 0) is 29.2 Å². The predicted molar refractivity (Wildman–Crippen MR) is 98.2 cm³/mol. The van der Waals surface area contributed by atoms with E-state index < -0.39 is 16.1 Å². The molecule has 7 heteroatoms. The van der Waals surface area contributed by atoms with Gasteiger partial charge in [0.25, 0.3) is 10.0 Å². The summed E-state index contributed by atoms with van der Waals surface area (Å²) in [6.07, 6.45) is 2.66. The zero-order valence-corrected chi connectivity index (χ0v) is 15.1. The minimum atomic E-state index is -3.66. The number of nitrogens with one attached hydrogen (secondary N) is 1. The molecule has 0 saturated heterocycles. The second-order valence-corrected chi connectivity index (χ2v) is 9.28. The normalized spacial score (nSPS) is 16.2. The molecule has 1 atom stereocenters. The maximum atomic E-state index is 12.4. The number of aliphatic hydroxyl groups is 1. The maximum Gasteiger partial charge on any atom is 0.251 e. The number of hydrogen-bond donors (Lipinski definition) is 2. The quantitative estimate of drug-likeness (QED) is 0.694. The lowest BCUT2D eigenvalue weighted by molar-refractivity contribution is 0.183. The highest BCUT2D eigenvalue weighted by atomic mass is 32.2. The van der Waals surface area contributed by atoms with E-state index >= 15 is 0 Å². The van der Waals surface area contributed by atoms with Gasteiger partial charge in [-0.2, -0.15) is 0 Å². The van der Waals surface area contributed by atoms with Crippen LogP contribution in [0.25, 0.3) is 10.8 Å². The van der Waals surface area contributed by atoms with Gasteiger partial charge in [0.15, 0.2) is 4.21 Å². The van der Waals surface area contributed by atoms with Crippen LogP contribution >= 0.6 is 11.3 Å². The van der Waals surface area contributed by atoms with Crippen LogP contribution in [0.3, 0.4) is 0 Å². The molecule has 3 aromatic rings. The van der Waals surface area contributed by atoms with Gasteiger partial charge in [0, 0.05) is 12.5 Å². The lowest BCUT2D eigenvalue weighted by atomic mass is 10.0. The second kappa shape index (κ2) is 6.49. The predicted octanol–water partition coefficient (Wildman–Crippen LogP) is 3.19. The third kappa shape index (κ3) is 3.46. The molecule has 1 fully saturated rings. The molecule has 130 valence electrons. The van der Waals surface area contributed by atoms with Crippen molar-refractivity contribution in [3.05, 3.63) is 59.2 Å². The summed E-state index contributed by atoms with van der Waals surface area (Å²) >= 11 is 1.22. The van der Waals surface area contributed by atoms with Gasteiger partial charge < -0.3 is 5.11 Å². The molecule has 2 N–H and O–H groups in total. The zero-order valence-electron chi connectivity index (χ0n) is 13.4. The smallest absolute Gasteiger partial charge is 0.251 e. The Bertz CT molecular complexity index is 1000. The van der Waals surface area contributed by atoms with Gasteiger partial charge in [-0.15, -0.1) is 11.3 Å². The Morgan fingerprint density at radius 2 is 1.96 bits per heavy atom. The van der Waals surface area contributed by atoms with E-state index in [1.165, 1.54) is 17.5 Å². The largest absolute Gasteiger partial charge is 0.387 e. The van der Waals surface area contributed by atoms with Crippen LogP contribution < -0.4 is 4.72 Å². The van der Waals surface area contributed by atoms with Crippen molar-refractivity contribution in [1.29, 1.82) is 0 Å². The van der Waals surface area contributed by atoms with E-state index in [0.29, 0.717) is 11.5 Å². The summed E-state index contributed by atoms with van der Waals surface area (Å²) in [6.45, 7) is -0.0764. The van der Waals surface area contributed by atoms with E-state index in [1.54, 1.807) is 0 Å². The van der Waals surface area contributed by atoms with Crippen LogP contribution in [-0.4, -0.2) is 25.1 Å². The van der Waals surface area contributed by atoms with Gasteiger partial charge in [0.2, 0.25) is 0 Å². The minimum Gasteiger partial charge on any atom is -0.387 e. The molecule has 0 radical (unpaired) electrons. The highest BCUT2D eigenvalue weighted by molar-refractivity contribution is 7.91. The van der Waals surface area contributed by atoms with E-state index in [2.05, 4.69) is 9.71 Å². The minimum absolute atomic E-state index is 0.0764. The Balaban J connectivity index is 1.51. The van der Waals surface area contributed by atoms with Crippen LogP contribution in [0.4, 0.5) is 0 Å². The molecule has 0 aliphatic heterocycles. The Labute approximate surface area is 150 Å². The summed E-state index contributed by atoms with van der Waals surface area (Å²) < 4.78 is 27.6. The van der Waals surface area contributed by atoms with E-state index in [0.717, 1.165) is 28.6 Å². The highest BCUT2D eigenvalue weighted by Crippen LogP contribution is 2.42. The Morgan fingerprint density at radius 1 is 1.20 bits per heavy atom. The van der Waals surface area contributed by atoms with E-state index in [9.17, 15) is 13.5 Å². The summed E-state index contributed by atoms with van der Waals surface area (Å²) in [5, 5.41) is 13.3. The standard InChI is InChI=1S/C18H18N2O3S2/c21-16(15-7-3-5-12-4-1-2-6-14(12)15)10-20-25(22,23)17-11-19-18(24-17)13-8-9-13/h1-7,11,13,16,20-21H,8-10H2. The number of benzene rings is 2. The number of rotatable bonds is 6. The molecule has 4 rings (SSSR count). The van der Waals surface area contributed by atoms with Gasteiger partial charge in [-0.25, -0.2) is 18.1 Å². The first-order chi connectivity index (χ1) is 12.0. The third-order valence-electron chi connectivity index (χ3n) is 4.34. The van der Waals surface area contributed by atoms with Crippen molar-refractivity contribution in [3.8, 4) is 0 Å². The molecule has 1 aliphatic carbocycles. The fraction of sp³-hybridized carbons (Fsp3) is 0.278. The van der Waals surface area contributed by atoms with Crippen LogP contribution in [0.5, 0.6) is 0 Å². The molecule has 1 heterocycles. The average molecular weight is 374 g/mol. The number of sulfonamides is 1. The topological polar surface area (TPSA) is 79.3 Å². The second-order valence-electron chi connectivity index (χ2n) is 6.23. The van der Waals surface area contributed by atoms with Gasteiger partial charge in [-0.3, -0.25) is 0 Å². The first-order valence-electron chi connectivity index (χ1n) is 8.16. The molecule has 25 heavy (non-hydrogen) atoms. The van der Waals surface area contributed by atoms with Crippen molar-refractivity contribution in [2.45, 2.75) is 29.1 Å². The van der Waals surface area contributed by atoms with E-state index in [4.69, 9.17) is 0 Å². The fourth-order valence-corrected chi connectivity index (χ4v) is 5.23. The molecular formula is C18H18N2O3S2. The lowest BCUT2D eigenvalue weighted by Crippen LogP contribution is -2.28. The number of nitrogens with zero attached hydrogens (tertiary/aromatic N) is 1. The summed E-state index contributed by atoms with van der Waals surface area (Å²) in [6, 6.07) is 13.4. The Kier molecular flexibility index (Phi) is 4.33. The first-order valence-corrected chi connectivity index (χ1v) is 10.5. The monoisotopic (exact) mass is 374 g/mol. The van der Waals surface area contributed by atoms with Crippen LogP contribution in [0, 0.1) is 0 Å². The molecule has 1 aromatic heterocycles. The van der Waals surface area contributed by atoms with Crippen molar-refractivity contribution in [1.82, 2.24) is 9.71 Å². The fourth-order valence-electron chi connectivity index (χ4n) is 2.83. The SMILES string of the molecule is O=S(=O)(NCC(O)c1cccc2ccccc12)c1cnc(C2CC2)s1. The first kappa shape index (κ1) is 16.7. The molecular weight excluding hydrogens is 356 g/mol.